The van der Waals surface area contributed by atoms with Crippen LogP contribution in [0.2, 0.25) is 0 Å². The zero-order valence-electron chi connectivity index (χ0n) is 15.9. The lowest BCUT2D eigenvalue weighted by Gasteiger charge is -2.16. The van der Waals surface area contributed by atoms with Crippen molar-refractivity contribution in [3.05, 3.63) is 54.0 Å². The van der Waals surface area contributed by atoms with Gasteiger partial charge >= 0.3 is 0 Å². The number of carbonyl (C=O) groups excluding carboxylic acids is 1. The lowest BCUT2D eigenvalue weighted by atomic mass is 10.1. The Balaban J connectivity index is 1.39. The first-order chi connectivity index (χ1) is 13.6. The van der Waals surface area contributed by atoms with Gasteiger partial charge in [-0.05, 0) is 62.8 Å². The number of nitrogens with one attached hydrogen (secondary N) is 2. The SMILES string of the molecule is CN1CCC[C@@H]1c1nc2ccc(NC(=O)c3ccc4c(cnn4C)c3)cc2[nH]1. The van der Waals surface area contributed by atoms with E-state index in [9.17, 15) is 4.79 Å². The predicted molar refractivity (Wildman–Crippen MR) is 109 cm³/mol. The summed E-state index contributed by atoms with van der Waals surface area (Å²) in [5, 5.41) is 8.16. The van der Waals surface area contributed by atoms with Gasteiger partial charge in [-0.3, -0.25) is 14.4 Å². The van der Waals surface area contributed by atoms with E-state index < -0.39 is 0 Å². The van der Waals surface area contributed by atoms with Gasteiger partial charge in [0.05, 0.1) is 28.8 Å². The van der Waals surface area contributed by atoms with Crippen LogP contribution in [0.4, 0.5) is 5.69 Å². The van der Waals surface area contributed by atoms with Crippen LogP contribution in [0.3, 0.4) is 0 Å². The smallest absolute Gasteiger partial charge is 0.255 e. The minimum atomic E-state index is -0.139. The number of carbonyl (C=O) groups is 1. The van der Waals surface area contributed by atoms with Crippen LogP contribution in [-0.4, -0.2) is 44.1 Å². The van der Waals surface area contributed by atoms with Gasteiger partial charge in [-0.2, -0.15) is 5.10 Å². The Morgan fingerprint density at radius 2 is 2.11 bits per heavy atom. The number of likely N-dealkylation sites (tertiary alicyclic amines) is 1. The van der Waals surface area contributed by atoms with E-state index in [2.05, 4.69) is 27.3 Å². The number of H-pyrrole nitrogens is 1. The maximum Gasteiger partial charge on any atom is 0.255 e. The highest BCUT2D eigenvalue weighted by atomic mass is 16.1. The summed E-state index contributed by atoms with van der Waals surface area (Å²) in [5.74, 6) is 0.862. The molecule has 0 radical (unpaired) electrons. The second-order valence-corrected chi connectivity index (χ2v) is 7.49. The number of nitrogens with zero attached hydrogens (tertiary/aromatic N) is 4. The Labute approximate surface area is 162 Å². The van der Waals surface area contributed by atoms with Crippen LogP contribution >= 0.6 is 0 Å². The zero-order chi connectivity index (χ0) is 19.3. The fourth-order valence-electron chi connectivity index (χ4n) is 4.03. The highest BCUT2D eigenvalue weighted by molar-refractivity contribution is 6.06. The van der Waals surface area contributed by atoms with Gasteiger partial charge in [0.25, 0.3) is 5.91 Å². The molecule has 4 aromatic rings. The lowest BCUT2D eigenvalue weighted by molar-refractivity contribution is 0.102. The number of anilines is 1. The van der Waals surface area contributed by atoms with Gasteiger partial charge in [-0.15, -0.1) is 0 Å². The van der Waals surface area contributed by atoms with E-state index in [1.54, 1.807) is 10.9 Å². The molecule has 0 saturated carbocycles. The number of benzene rings is 2. The van der Waals surface area contributed by atoms with Gasteiger partial charge in [0, 0.05) is 23.7 Å². The molecule has 142 valence electrons. The fourth-order valence-corrected chi connectivity index (χ4v) is 4.03. The average molecular weight is 374 g/mol. The first-order valence-corrected chi connectivity index (χ1v) is 9.51. The maximum absolute atomic E-state index is 12.7. The summed E-state index contributed by atoms with van der Waals surface area (Å²) in [4.78, 5) is 23.2. The third-order valence-electron chi connectivity index (χ3n) is 5.60. The molecule has 0 aliphatic carbocycles. The van der Waals surface area contributed by atoms with Gasteiger partial charge in [0.1, 0.15) is 5.82 Å². The molecule has 1 fully saturated rings. The molecule has 3 heterocycles. The summed E-state index contributed by atoms with van der Waals surface area (Å²) in [5.41, 5.74) is 4.22. The number of hydrogen-bond donors (Lipinski definition) is 2. The van der Waals surface area contributed by atoms with E-state index in [-0.39, 0.29) is 5.91 Å². The van der Waals surface area contributed by atoms with Crippen molar-refractivity contribution in [1.82, 2.24) is 24.6 Å². The standard InChI is InChI=1S/C21H22N6O/c1-26-9-3-4-19(26)20-24-16-7-6-15(11-17(16)25-20)23-21(28)13-5-8-18-14(10-13)12-22-27(18)2/h5-8,10-12,19H,3-4,9H2,1-2H3,(H,23,28)(H,24,25)/t19-/m1/s1. The number of amides is 1. The van der Waals surface area contributed by atoms with Crippen molar-refractivity contribution in [2.75, 3.05) is 18.9 Å². The number of aromatic amines is 1. The molecule has 1 atom stereocenters. The summed E-state index contributed by atoms with van der Waals surface area (Å²) in [6, 6.07) is 11.7. The Hall–Kier alpha value is -3.19. The van der Waals surface area contributed by atoms with Crippen LogP contribution in [-0.2, 0) is 7.05 Å². The van der Waals surface area contributed by atoms with Crippen LogP contribution in [0.1, 0.15) is 35.1 Å². The van der Waals surface area contributed by atoms with Crippen LogP contribution in [0, 0.1) is 0 Å². The van der Waals surface area contributed by atoms with Crippen LogP contribution in [0.15, 0.2) is 42.6 Å². The second-order valence-electron chi connectivity index (χ2n) is 7.49. The molecule has 2 aromatic heterocycles. The highest BCUT2D eigenvalue weighted by Crippen LogP contribution is 2.30. The van der Waals surface area contributed by atoms with Crippen molar-refractivity contribution in [1.29, 1.82) is 0 Å². The van der Waals surface area contributed by atoms with Gasteiger partial charge in [-0.1, -0.05) is 0 Å². The average Bonchev–Trinajstić information content (AvgIpc) is 3.39. The van der Waals surface area contributed by atoms with E-state index in [4.69, 9.17) is 4.98 Å². The normalized spacial score (nSPS) is 17.6. The van der Waals surface area contributed by atoms with Crippen molar-refractivity contribution in [2.45, 2.75) is 18.9 Å². The Morgan fingerprint density at radius 3 is 2.93 bits per heavy atom. The molecule has 7 heteroatoms. The summed E-state index contributed by atoms with van der Waals surface area (Å²) < 4.78 is 1.79. The first-order valence-electron chi connectivity index (χ1n) is 9.51. The minimum Gasteiger partial charge on any atom is -0.341 e. The Morgan fingerprint density at radius 1 is 1.21 bits per heavy atom. The number of aryl methyl sites for hydroxylation is 1. The highest BCUT2D eigenvalue weighted by Gasteiger charge is 2.25. The summed E-state index contributed by atoms with van der Waals surface area (Å²) in [6.45, 7) is 1.10. The van der Waals surface area contributed by atoms with E-state index in [0.717, 1.165) is 46.4 Å². The van der Waals surface area contributed by atoms with Gasteiger partial charge in [0.2, 0.25) is 0 Å². The molecule has 1 amide bonds. The molecule has 5 rings (SSSR count). The fraction of sp³-hybridized carbons (Fsp3) is 0.286. The Bertz CT molecular complexity index is 1190. The second kappa shape index (κ2) is 6.45. The predicted octanol–water partition coefficient (Wildman–Crippen LogP) is 3.47. The molecule has 2 aromatic carbocycles. The minimum absolute atomic E-state index is 0.139. The first kappa shape index (κ1) is 16.9. The van der Waals surface area contributed by atoms with Crippen LogP contribution in [0.5, 0.6) is 0 Å². The third kappa shape index (κ3) is 2.84. The van der Waals surface area contributed by atoms with Crippen LogP contribution in [0.25, 0.3) is 21.9 Å². The van der Waals surface area contributed by atoms with Crippen molar-refractivity contribution >= 4 is 33.5 Å². The van der Waals surface area contributed by atoms with Gasteiger partial charge < -0.3 is 10.3 Å². The van der Waals surface area contributed by atoms with E-state index in [0.29, 0.717) is 11.6 Å². The molecule has 1 saturated heterocycles. The number of rotatable bonds is 3. The molecule has 0 unspecified atom stereocenters. The van der Waals surface area contributed by atoms with Crippen molar-refractivity contribution in [3.63, 3.8) is 0 Å². The Kier molecular flexibility index (Phi) is 3.91. The van der Waals surface area contributed by atoms with E-state index in [1.165, 1.54) is 6.42 Å². The number of imidazole rings is 1. The number of fused-ring (bicyclic) bond motifs is 2. The molecule has 0 spiro atoms. The maximum atomic E-state index is 12.7. The molecular formula is C21H22N6O. The monoisotopic (exact) mass is 374 g/mol. The van der Waals surface area contributed by atoms with Gasteiger partial charge in [0.15, 0.2) is 0 Å². The third-order valence-corrected chi connectivity index (χ3v) is 5.60. The van der Waals surface area contributed by atoms with E-state index in [1.807, 2.05) is 43.4 Å². The molecule has 0 bridgehead atoms. The summed E-state index contributed by atoms with van der Waals surface area (Å²) >= 11 is 0. The van der Waals surface area contributed by atoms with Crippen LogP contribution < -0.4 is 5.32 Å². The molecule has 28 heavy (non-hydrogen) atoms. The zero-order valence-corrected chi connectivity index (χ0v) is 15.9. The number of aromatic nitrogens is 4. The largest absolute Gasteiger partial charge is 0.341 e. The quantitative estimate of drug-likeness (QED) is 0.576. The summed E-state index contributed by atoms with van der Waals surface area (Å²) in [7, 11) is 4.02. The summed E-state index contributed by atoms with van der Waals surface area (Å²) in [6.07, 6.45) is 4.09. The lowest BCUT2D eigenvalue weighted by Crippen LogP contribution is -2.18. The number of hydrogen-bond acceptors (Lipinski definition) is 4. The molecule has 1 aliphatic rings. The van der Waals surface area contributed by atoms with Gasteiger partial charge in [-0.25, -0.2) is 4.98 Å². The van der Waals surface area contributed by atoms with Crippen molar-refractivity contribution < 1.29 is 4.79 Å². The van der Waals surface area contributed by atoms with E-state index >= 15 is 0 Å². The van der Waals surface area contributed by atoms with Crippen molar-refractivity contribution in [2.24, 2.45) is 7.05 Å². The topological polar surface area (TPSA) is 78.8 Å². The van der Waals surface area contributed by atoms with Crippen molar-refractivity contribution in [3.8, 4) is 0 Å². The molecule has 1 aliphatic heterocycles. The molecule has 2 N–H and O–H groups in total. The molecular weight excluding hydrogens is 352 g/mol. The molecule has 7 nitrogen and oxygen atoms in total.